The Morgan fingerprint density at radius 3 is 1.91 bits per heavy atom. The van der Waals surface area contributed by atoms with Crippen LogP contribution < -0.4 is 20.1 Å². The number of carbonyl (C=O) groups is 2. The molecular formula is C26H26N2O4. The van der Waals surface area contributed by atoms with Gasteiger partial charge in [-0.25, -0.2) is 0 Å². The van der Waals surface area contributed by atoms with Gasteiger partial charge in [0.25, 0.3) is 5.91 Å². The Morgan fingerprint density at radius 1 is 0.750 bits per heavy atom. The topological polar surface area (TPSA) is 76.7 Å². The largest absolute Gasteiger partial charge is 0.492 e. The predicted molar refractivity (Wildman–Crippen MR) is 126 cm³/mol. The number of anilines is 2. The first kappa shape index (κ1) is 22.6. The summed E-state index contributed by atoms with van der Waals surface area (Å²) in [5.41, 5.74) is 1.50. The molecule has 0 aromatic heterocycles. The lowest BCUT2D eigenvalue weighted by Crippen LogP contribution is -2.22. The van der Waals surface area contributed by atoms with Crippen LogP contribution in [0.2, 0.25) is 0 Å². The zero-order valence-electron chi connectivity index (χ0n) is 18.1. The Bertz CT molecular complexity index is 1090. The van der Waals surface area contributed by atoms with Crippen molar-refractivity contribution in [3.63, 3.8) is 0 Å². The number of carbonyl (C=O) groups excluding carboxylic acids is 2. The lowest BCUT2D eigenvalue weighted by molar-refractivity contribution is -0.112. The van der Waals surface area contributed by atoms with E-state index in [9.17, 15) is 9.59 Å². The van der Waals surface area contributed by atoms with Crippen molar-refractivity contribution in [2.45, 2.75) is 13.8 Å². The molecule has 3 aromatic carbocycles. The summed E-state index contributed by atoms with van der Waals surface area (Å²) in [6.45, 7) is 4.70. The van der Waals surface area contributed by atoms with Crippen molar-refractivity contribution in [3.05, 3.63) is 96.2 Å². The van der Waals surface area contributed by atoms with Gasteiger partial charge in [-0.05, 0) is 38.1 Å². The Hall–Kier alpha value is -4.06. The maximum Gasteiger partial charge on any atom is 0.261 e. The summed E-state index contributed by atoms with van der Waals surface area (Å²) in [6, 6.07) is 23.1. The van der Waals surface area contributed by atoms with Crippen LogP contribution >= 0.6 is 0 Å². The Labute approximate surface area is 187 Å². The molecule has 0 aliphatic carbocycles. The highest BCUT2D eigenvalue weighted by atomic mass is 16.5. The third-order valence-electron chi connectivity index (χ3n) is 4.52. The molecule has 0 saturated carbocycles. The number of hydrogen-bond acceptors (Lipinski definition) is 5. The minimum atomic E-state index is -0.549. The van der Waals surface area contributed by atoms with Gasteiger partial charge in [0.1, 0.15) is 17.1 Å². The van der Waals surface area contributed by atoms with Crippen molar-refractivity contribution in [3.8, 4) is 11.5 Å². The fraction of sp³-hybridized carbons (Fsp3) is 0.154. The molecule has 3 rings (SSSR count). The highest BCUT2D eigenvalue weighted by Gasteiger charge is 2.21. The molecule has 0 bridgehead atoms. The average Bonchev–Trinajstić information content (AvgIpc) is 2.82. The fourth-order valence-electron chi connectivity index (χ4n) is 3.04. The quantitative estimate of drug-likeness (QED) is 0.198. The molecule has 0 aliphatic heterocycles. The van der Waals surface area contributed by atoms with E-state index in [1.54, 1.807) is 42.5 Å². The smallest absolute Gasteiger partial charge is 0.261 e. The maximum atomic E-state index is 13.2. The molecule has 0 saturated heterocycles. The Kier molecular flexibility index (Phi) is 8.03. The second kappa shape index (κ2) is 11.4. The van der Waals surface area contributed by atoms with Crippen molar-refractivity contribution in [1.82, 2.24) is 0 Å². The first-order valence-electron chi connectivity index (χ1n) is 10.5. The van der Waals surface area contributed by atoms with Crippen LogP contribution in [0.5, 0.6) is 11.5 Å². The van der Waals surface area contributed by atoms with Crippen LogP contribution in [0.3, 0.4) is 0 Å². The third-order valence-corrected chi connectivity index (χ3v) is 4.52. The molecular weight excluding hydrogens is 404 g/mol. The van der Waals surface area contributed by atoms with Gasteiger partial charge < -0.3 is 20.1 Å². The number of para-hydroxylation sites is 4. The summed E-state index contributed by atoms with van der Waals surface area (Å²) >= 11 is 0. The summed E-state index contributed by atoms with van der Waals surface area (Å²) < 4.78 is 11.2. The Morgan fingerprint density at radius 2 is 1.28 bits per heavy atom. The lowest BCUT2D eigenvalue weighted by Gasteiger charge is -2.14. The first-order valence-corrected chi connectivity index (χ1v) is 10.5. The van der Waals surface area contributed by atoms with Gasteiger partial charge in [0.05, 0.1) is 24.6 Å². The van der Waals surface area contributed by atoms with Gasteiger partial charge in [-0.1, -0.05) is 54.6 Å². The number of ether oxygens (including phenoxy) is 2. The van der Waals surface area contributed by atoms with E-state index < -0.39 is 11.7 Å². The summed E-state index contributed by atoms with van der Waals surface area (Å²) in [6.07, 6.45) is 1.41. The predicted octanol–water partition coefficient (Wildman–Crippen LogP) is 5.30. The van der Waals surface area contributed by atoms with Crippen molar-refractivity contribution in [2.24, 2.45) is 0 Å². The molecule has 0 aliphatic rings. The number of ketones is 1. The van der Waals surface area contributed by atoms with E-state index in [0.717, 1.165) is 0 Å². The standard InChI is InChI=1S/C26H26N2O4/c1-3-31-23-16-10-8-14-21(23)27-18-20(25(29)19-12-6-5-7-13-19)26(30)28-22-15-9-11-17-24(22)32-4-2/h5-18,27H,3-4H2,1-2H3,(H,28,30). The number of nitrogens with one attached hydrogen (secondary N) is 2. The van der Waals surface area contributed by atoms with E-state index in [1.807, 2.05) is 50.2 Å². The molecule has 1 amide bonds. The molecule has 0 spiro atoms. The third kappa shape index (κ3) is 5.76. The molecule has 2 N–H and O–H groups in total. The van der Waals surface area contributed by atoms with Gasteiger partial charge in [0, 0.05) is 11.8 Å². The van der Waals surface area contributed by atoms with Crippen LogP contribution in [0.4, 0.5) is 11.4 Å². The van der Waals surface area contributed by atoms with E-state index in [4.69, 9.17) is 9.47 Å². The number of Topliss-reactive ketones (excluding diaryl/α,β-unsaturated/α-hetero) is 1. The minimum absolute atomic E-state index is 0.0474. The minimum Gasteiger partial charge on any atom is -0.492 e. The van der Waals surface area contributed by atoms with Crippen LogP contribution in [-0.2, 0) is 4.79 Å². The second-order valence-corrected chi connectivity index (χ2v) is 6.71. The molecule has 0 heterocycles. The van der Waals surface area contributed by atoms with Gasteiger partial charge in [-0.3, -0.25) is 9.59 Å². The van der Waals surface area contributed by atoms with E-state index in [2.05, 4.69) is 10.6 Å². The first-order chi connectivity index (χ1) is 15.6. The number of benzene rings is 3. The SMILES string of the molecule is CCOc1ccccc1NC=C(C(=O)Nc1ccccc1OCC)C(=O)c1ccccc1. The fourth-order valence-corrected chi connectivity index (χ4v) is 3.04. The van der Waals surface area contributed by atoms with Crippen LogP contribution in [0.1, 0.15) is 24.2 Å². The van der Waals surface area contributed by atoms with E-state index in [1.165, 1.54) is 6.20 Å². The van der Waals surface area contributed by atoms with Crippen molar-refractivity contribution in [1.29, 1.82) is 0 Å². The summed E-state index contributed by atoms with van der Waals surface area (Å²) in [7, 11) is 0. The van der Waals surface area contributed by atoms with Gasteiger partial charge in [0.2, 0.25) is 0 Å². The van der Waals surface area contributed by atoms with Gasteiger partial charge in [-0.15, -0.1) is 0 Å². The molecule has 0 radical (unpaired) electrons. The molecule has 6 heteroatoms. The van der Waals surface area contributed by atoms with E-state index in [0.29, 0.717) is 41.7 Å². The molecule has 0 atom stereocenters. The van der Waals surface area contributed by atoms with Crippen LogP contribution in [-0.4, -0.2) is 24.9 Å². The van der Waals surface area contributed by atoms with Crippen molar-refractivity contribution < 1.29 is 19.1 Å². The summed E-state index contributed by atoms with van der Waals surface area (Å²) in [4.78, 5) is 26.4. The van der Waals surface area contributed by atoms with Gasteiger partial charge in [0.15, 0.2) is 5.78 Å². The monoisotopic (exact) mass is 430 g/mol. The summed E-state index contributed by atoms with van der Waals surface area (Å²) in [5.74, 6) is 0.204. The zero-order valence-corrected chi connectivity index (χ0v) is 18.1. The van der Waals surface area contributed by atoms with Crippen molar-refractivity contribution in [2.75, 3.05) is 23.8 Å². The van der Waals surface area contributed by atoms with Gasteiger partial charge in [-0.2, -0.15) is 0 Å². The lowest BCUT2D eigenvalue weighted by atomic mass is 10.0. The zero-order chi connectivity index (χ0) is 22.8. The highest BCUT2D eigenvalue weighted by Crippen LogP contribution is 2.26. The summed E-state index contributed by atoms with van der Waals surface area (Å²) in [5, 5.41) is 5.85. The van der Waals surface area contributed by atoms with Gasteiger partial charge >= 0.3 is 0 Å². The van der Waals surface area contributed by atoms with E-state index in [-0.39, 0.29) is 5.57 Å². The highest BCUT2D eigenvalue weighted by molar-refractivity contribution is 6.29. The second-order valence-electron chi connectivity index (χ2n) is 6.71. The molecule has 0 unspecified atom stereocenters. The van der Waals surface area contributed by atoms with Crippen LogP contribution in [0, 0.1) is 0 Å². The number of rotatable bonds is 10. The molecule has 0 fully saturated rings. The molecule has 3 aromatic rings. The normalized spacial score (nSPS) is 10.9. The number of amides is 1. The molecule has 6 nitrogen and oxygen atoms in total. The van der Waals surface area contributed by atoms with E-state index >= 15 is 0 Å². The van der Waals surface area contributed by atoms with Crippen LogP contribution in [0.15, 0.2) is 90.6 Å². The maximum absolute atomic E-state index is 13.2. The Balaban J connectivity index is 1.93. The molecule has 164 valence electrons. The molecule has 32 heavy (non-hydrogen) atoms. The number of hydrogen-bond donors (Lipinski definition) is 2. The van der Waals surface area contributed by atoms with Crippen molar-refractivity contribution >= 4 is 23.1 Å². The average molecular weight is 431 g/mol. The van der Waals surface area contributed by atoms with Crippen LogP contribution in [0.25, 0.3) is 0 Å².